The van der Waals surface area contributed by atoms with Gasteiger partial charge in [0.15, 0.2) is 5.78 Å². The molecule has 0 bridgehead atoms. The number of Topliss-reactive ketones (excluding diaryl/α,β-unsaturated/α-hetero) is 1. The van der Waals surface area contributed by atoms with Crippen molar-refractivity contribution in [1.29, 1.82) is 0 Å². The van der Waals surface area contributed by atoms with E-state index in [-0.39, 0.29) is 11.7 Å². The predicted molar refractivity (Wildman–Crippen MR) is 75.4 cm³/mol. The first kappa shape index (κ1) is 12.1. The number of nitrogens with zero attached hydrogens (tertiary/aromatic N) is 1. The van der Waals surface area contributed by atoms with Crippen molar-refractivity contribution in [2.45, 2.75) is 32.1 Å². The van der Waals surface area contributed by atoms with E-state index in [1.54, 1.807) is 6.20 Å². The molecule has 0 aliphatic heterocycles. The zero-order valence-electron chi connectivity index (χ0n) is 11.1. The van der Waals surface area contributed by atoms with Crippen molar-refractivity contribution in [2.75, 3.05) is 0 Å². The maximum absolute atomic E-state index is 12.6. The average molecular weight is 251 g/mol. The van der Waals surface area contributed by atoms with E-state index >= 15 is 0 Å². The largest absolute Gasteiger partial charge is 0.293 e. The molecular formula is C17H17NO. The number of ketones is 1. The highest BCUT2D eigenvalue weighted by molar-refractivity contribution is 6.01. The monoisotopic (exact) mass is 251 g/mol. The van der Waals surface area contributed by atoms with Gasteiger partial charge in [-0.25, -0.2) is 0 Å². The van der Waals surface area contributed by atoms with Crippen LogP contribution in [0.3, 0.4) is 0 Å². The van der Waals surface area contributed by atoms with Gasteiger partial charge in [-0.3, -0.25) is 9.78 Å². The molecule has 2 nitrogen and oxygen atoms in total. The van der Waals surface area contributed by atoms with Crippen LogP contribution in [-0.2, 0) is 6.42 Å². The van der Waals surface area contributed by atoms with E-state index in [1.807, 2.05) is 37.3 Å². The smallest absolute Gasteiger partial charge is 0.171 e. The van der Waals surface area contributed by atoms with Gasteiger partial charge in [0.2, 0.25) is 0 Å². The van der Waals surface area contributed by atoms with Crippen molar-refractivity contribution < 1.29 is 4.79 Å². The number of fused-ring (bicyclic) bond motifs is 1. The van der Waals surface area contributed by atoms with Crippen LogP contribution in [0.2, 0.25) is 0 Å². The van der Waals surface area contributed by atoms with Crippen LogP contribution in [0, 0.1) is 6.92 Å². The SMILES string of the molecule is Cc1ccc(C(=O)C2CCCc3cccnc32)cc1. The van der Waals surface area contributed by atoms with Gasteiger partial charge in [0.05, 0.1) is 11.6 Å². The van der Waals surface area contributed by atoms with Crippen molar-refractivity contribution >= 4 is 5.78 Å². The summed E-state index contributed by atoms with van der Waals surface area (Å²) in [6.07, 6.45) is 4.82. The second kappa shape index (κ2) is 4.96. The summed E-state index contributed by atoms with van der Waals surface area (Å²) in [6, 6.07) is 11.9. The summed E-state index contributed by atoms with van der Waals surface area (Å²) >= 11 is 0. The number of hydrogen-bond acceptors (Lipinski definition) is 2. The minimum Gasteiger partial charge on any atom is -0.293 e. The molecule has 0 N–H and O–H groups in total. The molecular weight excluding hydrogens is 234 g/mol. The highest BCUT2D eigenvalue weighted by Gasteiger charge is 2.28. The van der Waals surface area contributed by atoms with Crippen molar-refractivity contribution in [3.63, 3.8) is 0 Å². The Balaban J connectivity index is 1.95. The standard InChI is InChI=1S/C17H17NO/c1-12-7-9-14(10-8-12)17(19)15-6-2-4-13-5-3-11-18-16(13)15/h3,5,7-11,15H,2,4,6H2,1H3. The first-order chi connectivity index (χ1) is 9.25. The van der Waals surface area contributed by atoms with Crippen LogP contribution < -0.4 is 0 Å². The topological polar surface area (TPSA) is 30.0 Å². The molecule has 1 aromatic heterocycles. The summed E-state index contributed by atoms with van der Waals surface area (Å²) in [5.41, 5.74) is 4.20. The van der Waals surface area contributed by atoms with E-state index in [2.05, 4.69) is 11.1 Å². The Morgan fingerprint density at radius 2 is 2.00 bits per heavy atom. The molecule has 1 heterocycles. The summed E-state index contributed by atoms with van der Waals surface area (Å²) < 4.78 is 0. The molecule has 2 heteroatoms. The average Bonchev–Trinajstić information content (AvgIpc) is 2.47. The highest BCUT2D eigenvalue weighted by Crippen LogP contribution is 2.32. The first-order valence-corrected chi connectivity index (χ1v) is 6.80. The third-order valence-corrected chi connectivity index (χ3v) is 3.85. The predicted octanol–water partition coefficient (Wildman–Crippen LogP) is 3.69. The van der Waals surface area contributed by atoms with Crippen LogP contribution in [-0.4, -0.2) is 10.8 Å². The van der Waals surface area contributed by atoms with Gasteiger partial charge in [0.25, 0.3) is 0 Å². The molecule has 1 atom stereocenters. The number of pyridine rings is 1. The maximum Gasteiger partial charge on any atom is 0.171 e. The molecule has 96 valence electrons. The van der Waals surface area contributed by atoms with Crippen molar-refractivity contribution in [3.05, 3.63) is 65.0 Å². The third kappa shape index (κ3) is 2.30. The lowest BCUT2D eigenvalue weighted by atomic mass is 9.82. The zero-order chi connectivity index (χ0) is 13.2. The molecule has 0 spiro atoms. The molecule has 2 aromatic rings. The normalized spacial score (nSPS) is 17.8. The summed E-state index contributed by atoms with van der Waals surface area (Å²) in [5, 5.41) is 0. The van der Waals surface area contributed by atoms with Crippen LogP contribution in [0.25, 0.3) is 0 Å². The second-order valence-corrected chi connectivity index (χ2v) is 5.22. The third-order valence-electron chi connectivity index (χ3n) is 3.85. The van der Waals surface area contributed by atoms with E-state index in [0.29, 0.717) is 0 Å². The molecule has 0 amide bonds. The molecule has 0 saturated carbocycles. The second-order valence-electron chi connectivity index (χ2n) is 5.22. The van der Waals surface area contributed by atoms with Gasteiger partial charge in [0, 0.05) is 11.8 Å². The summed E-state index contributed by atoms with van der Waals surface area (Å²) in [4.78, 5) is 17.1. The molecule has 0 fully saturated rings. The Labute approximate surface area is 113 Å². The van der Waals surface area contributed by atoms with Crippen molar-refractivity contribution in [3.8, 4) is 0 Å². The van der Waals surface area contributed by atoms with Gasteiger partial charge in [-0.1, -0.05) is 35.9 Å². The molecule has 1 aromatic carbocycles. The van der Waals surface area contributed by atoms with Crippen LogP contribution >= 0.6 is 0 Å². The summed E-state index contributed by atoms with van der Waals surface area (Å²) in [7, 11) is 0. The fourth-order valence-corrected chi connectivity index (χ4v) is 2.78. The number of benzene rings is 1. The van der Waals surface area contributed by atoms with E-state index in [4.69, 9.17) is 0 Å². The minimum absolute atomic E-state index is 0.0624. The lowest BCUT2D eigenvalue weighted by Gasteiger charge is -2.23. The van der Waals surface area contributed by atoms with Crippen LogP contribution in [0.15, 0.2) is 42.6 Å². The van der Waals surface area contributed by atoms with E-state index in [9.17, 15) is 4.79 Å². The Morgan fingerprint density at radius 3 is 2.79 bits per heavy atom. The van der Waals surface area contributed by atoms with Gasteiger partial charge >= 0.3 is 0 Å². The molecule has 0 radical (unpaired) electrons. The number of aryl methyl sites for hydroxylation is 2. The van der Waals surface area contributed by atoms with Crippen LogP contribution in [0.5, 0.6) is 0 Å². The van der Waals surface area contributed by atoms with Gasteiger partial charge in [-0.2, -0.15) is 0 Å². The van der Waals surface area contributed by atoms with Gasteiger partial charge in [-0.15, -0.1) is 0 Å². The Hall–Kier alpha value is -1.96. The van der Waals surface area contributed by atoms with E-state index in [1.165, 1.54) is 11.1 Å². The lowest BCUT2D eigenvalue weighted by Crippen LogP contribution is -2.20. The van der Waals surface area contributed by atoms with E-state index in [0.717, 1.165) is 30.5 Å². The fourth-order valence-electron chi connectivity index (χ4n) is 2.78. The van der Waals surface area contributed by atoms with Crippen molar-refractivity contribution in [1.82, 2.24) is 4.98 Å². The molecule has 1 aliphatic carbocycles. The quantitative estimate of drug-likeness (QED) is 0.762. The number of aromatic nitrogens is 1. The first-order valence-electron chi connectivity index (χ1n) is 6.80. The highest BCUT2D eigenvalue weighted by atomic mass is 16.1. The van der Waals surface area contributed by atoms with Crippen molar-refractivity contribution in [2.24, 2.45) is 0 Å². The summed E-state index contributed by atoms with van der Waals surface area (Å²) in [6.45, 7) is 2.03. The Morgan fingerprint density at radius 1 is 1.21 bits per heavy atom. The summed E-state index contributed by atoms with van der Waals surface area (Å²) in [5.74, 6) is 0.146. The molecule has 19 heavy (non-hydrogen) atoms. The Kier molecular flexibility index (Phi) is 3.16. The maximum atomic E-state index is 12.6. The number of rotatable bonds is 2. The van der Waals surface area contributed by atoms with Gasteiger partial charge in [-0.05, 0) is 37.8 Å². The fraction of sp³-hybridized carbons (Fsp3) is 0.294. The van der Waals surface area contributed by atoms with Gasteiger partial charge in [0.1, 0.15) is 0 Å². The molecule has 3 rings (SSSR count). The number of carbonyl (C=O) groups is 1. The minimum atomic E-state index is -0.0624. The zero-order valence-corrected chi connectivity index (χ0v) is 11.1. The van der Waals surface area contributed by atoms with Crippen LogP contribution in [0.1, 0.15) is 45.9 Å². The van der Waals surface area contributed by atoms with Gasteiger partial charge < -0.3 is 0 Å². The van der Waals surface area contributed by atoms with Crippen LogP contribution in [0.4, 0.5) is 0 Å². The number of carbonyl (C=O) groups excluding carboxylic acids is 1. The van der Waals surface area contributed by atoms with E-state index < -0.39 is 0 Å². The molecule has 1 aliphatic rings. The Bertz CT molecular complexity index is 601. The molecule has 0 saturated heterocycles. The lowest BCUT2D eigenvalue weighted by molar-refractivity contribution is 0.0949. The molecule has 1 unspecified atom stereocenters. The number of hydrogen-bond donors (Lipinski definition) is 0.